The summed E-state index contributed by atoms with van der Waals surface area (Å²) in [6, 6.07) is 0. The lowest BCUT2D eigenvalue weighted by Crippen LogP contribution is -2.50. The van der Waals surface area contributed by atoms with E-state index in [-0.39, 0.29) is 0 Å². The number of carboxylic acids is 1. The van der Waals surface area contributed by atoms with Crippen molar-refractivity contribution < 1.29 is 15.0 Å². The molecule has 110 valence electrons. The summed E-state index contributed by atoms with van der Waals surface area (Å²) in [5.41, 5.74) is -0.167. The summed E-state index contributed by atoms with van der Waals surface area (Å²) in [7, 11) is 0. The van der Waals surface area contributed by atoms with Crippen LogP contribution < -0.4 is 0 Å². The van der Waals surface area contributed by atoms with Crippen molar-refractivity contribution in [1.29, 1.82) is 0 Å². The number of hydrogen-bond acceptors (Lipinski definition) is 4. The van der Waals surface area contributed by atoms with Crippen molar-refractivity contribution in [3.8, 4) is 0 Å². The molecule has 5 heteroatoms. The molecule has 5 nitrogen and oxygen atoms in total. The van der Waals surface area contributed by atoms with Crippen molar-refractivity contribution in [1.82, 2.24) is 9.80 Å². The first kappa shape index (κ1) is 16.1. The first-order chi connectivity index (χ1) is 8.81. The summed E-state index contributed by atoms with van der Waals surface area (Å²) < 4.78 is 0. The molecule has 0 aromatic rings. The summed E-state index contributed by atoms with van der Waals surface area (Å²) in [6.45, 7) is 10.6. The van der Waals surface area contributed by atoms with Gasteiger partial charge >= 0.3 is 5.97 Å². The second kappa shape index (κ2) is 7.03. The Kier molecular flexibility index (Phi) is 5.97. The van der Waals surface area contributed by atoms with E-state index in [1.807, 2.05) is 26.8 Å². The molecule has 0 aliphatic carbocycles. The van der Waals surface area contributed by atoms with Crippen LogP contribution in [0.2, 0.25) is 0 Å². The Labute approximate surface area is 115 Å². The van der Waals surface area contributed by atoms with E-state index >= 15 is 0 Å². The highest BCUT2D eigenvalue weighted by molar-refractivity contribution is 5.86. The number of aliphatic carboxylic acids is 1. The average Bonchev–Trinajstić information content (AvgIpc) is 2.29. The summed E-state index contributed by atoms with van der Waals surface area (Å²) >= 11 is 0. The number of β-amino-alcohol motifs (C(OH)–C–C–N with tert-alkyl or cyclic N) is 1. The van der Waals surface area contributed by atoms with Gasteiger partial charge in [-0.25, -0.2) is 4.79 Å². The van der Waals surface area contributed by atoms with Crippen molar-refractivity contribution in [2.75, 3.05) is 39.3 Å². The van der Waals surface area contributed by atoms with Gasteiger partial charge in [0.15, 0.2) is 0 Å². The lowest BCUT2D eigenvalue weighted by atomic mass is 10.1. The minimum atomic E-state index is -0.817. The molecule has 1 heterocycles. The molecule has 1 fully saturated rings. The predicted octanol–water partition coefficient (Wildman–Crippen LogP) is 0.796. The molecule has 2 N–H and O–H groups in total. The molecule has 19 heavy (non-hydrogen) atoms. The predicted molar refractivity (Wildman–Crippen MR) is 75.2 cm³/mol. The number of rotatable bonds is 6. The van der Waals surface area contributed by atoms with Gasteiger partial charge in [0.05, 0.1) is 5.60 Å². The summed E-state index contributed by atoms with van der Waals surface area (Å²) in [5.74, 6) is -0.817. The number of carboxylic acid groups (broad SMARTS) is 1. The van der Waals surface area contributed by atoms with Gasteiger partial charge in [0.2, 0.25) is 0 Å². The van der Waals surface area contributed by atoms with Crippen LogP contribution in [0.15, 0.2) is 11.6 Å². The van der Waals surface area contributed by atoms with Crippen LogP contribution in [0.5, 0.6) is 0 Å². The molecule has 0 amide bonds. The monoisotopic (exact) mass is 270 g/mol. The van der Waals surface area contributed by atoms with Crippen LogP contribution in [0.1, 0.15) is 27.2 Å². The Morgan fingerprint density at radius 1 is 1.21 bits per heavy atom. The van der Waals surface area contributed by atoms with Crippen molar-refractivity contribution in [3.63, 3.8) is 0 Å². The molecular weight excluding hydrogens is 244 g/mol. The Morgan fingerprint density at radius 3 is 2.16 bits per heavy atom. The molecule has 0 aromatic carbocycles. The summed E-state index contributed by atoms with van der Waals surface area (Å²) in [5, 5.41) is 18.7. The molecule has 0 radical (unpaired) electrons. The second-order valence-electron chi connectivity index (χ2n) is 5.78. The third kappa shape index (κ3) is 6.18. The van der Waals surface area contributed by atoms with E-state index in [0.717, 1.165) is 26.2 Å². The average molecular weight is 270 g/mol. The van der Waals surface area contributed by atoms with Crippen LogP contribution in [-0.4, -0.2) is 70.9 Å². The third-order valence-corrected chi connectivity index (χ3v) is 3.33. The van der Waals surface area contributed by atoms with Crippen LogP contribution in [0.4, 0.5) is 0 Å². The third-order valence-electron chi connectivity index (χ3n) is 3.33. The van der Waals surface area contributed by atoms with E-state index in [4.69, 9.17) is 5.11 Å². The second-order valence-corrected chi connectivity index (χ2v) is 5.78. The maximum atomic E-state index is 10.9. The number of piperazine rings is 1. The normalized spacial score (nSPS) is 19.7. The fraction of sp³-hybridized carbons (Fsp3) is 0.786. The van der Waals surface area contributed by atoms with Crippen LogP contribution in [0, 0.1) is 0 Å². The van der Waals surface area contributed by atoms with Gasteiger partial charge < -0.3 is 10.2 Å². The number of hydrogen-bond donors (Lipinski definition) is 2. The SMILES string of the molecule is CCC(=CCN1CCN(CC(C)(C)O)CC1)C(=O)O. The standard InChI is InChI=1S/C14H26N2O3/c1-4-12(13(17)18)5-6-15-7-9-16(10-8-15)11-14(2,3)19/h5,19H,4,6-11H2,1-3H3,(H,17,18). The largest absolute Gasteiger partial charge is 0.478 e. The van der Waals surface area contributed by atoms with E-state index in [0.29, 0.717) is 25.1 Å². The fourth-order valence-corrected chi connectivity index (χ4v) is 2.30. The Bertz CT molecular complexity index is 326. The van der Waals surface area contributed by atoms with Gasteiger partial charge in [-0.15, -0.1) is 0 Å². The van der Waals surface area contributed by atoms with Crippen LogP contribution in [0.25, 0.3) is 0 Å². The van der Waals surface area contributed by atoms with Gasteiger partial charge in [-0.1, -0.05) is 13.0 Å². The molecule has 0 spiro atoms. The zero-order valence-electron chi connectivity index (χ0n) is 12.2. The molecule has 0 saturated carbocycles. The summed E-state index contributed by atoms with van der Waals surface area (Å²) in [6.07, 6.45) is 2.38. The molecule has 0 aromatic heterocycles. The zero-order valence-corrected chi connectivity index (χ0v) is 12.2. The quantitative estimate of drug-likeness (QED) is 0.699. The minimum Gasteiger partial charge on any atom is -0.478 e. The van der Waals surface area contributed by atoms with Gasteiger partial charge in [-0.2, -0.15) is 0 Å². The van der Waals surface area contributed by atoms with Gasteiger partial charge in [0, 0.05) is 44.8 Å². The van der Waals surface area contributed by atoms with Gasteiger partial charge in [-0.05, 0) is 20.3 Å². The van der Waals surface area contributed by atoms with Gasteiger partial charge in [0.25, 0.3) is 0 Å². The lowest BCUT2D eigenvalue weighted by molar-refractivity contribution is -0.132. The molecule has 0 bridgehead atoms. The van der Waals surface area contributed by atoms with Crippen LogP contribution in [-0.2, 0) is 4.79 Å². The molecule has 1 aliphatic rings. The maximum Gasteiger partial charge on any atom is 0.331 e. The number of aliphatic hydroxyl groups is 1. The van der Waals surface area contributed by atoms with Gasteiger partial charge in [0.1, 0.15) is 0 Å². The molecule has 1 saturated heterocycles. The van der Waals surface area contributed by atoms with Crippen molar-refractivity contribution in [2.45, 2.75) is 32.8 Å². The van der Waals surface area contributed by atoms with E-state index in [2.05, 4.69) is 9.80 Å². The lowest BCUT2D eigenvalue weighted by Gasteiger charge is -2.36. The van der Waals surface area contributed by atoms with Gasteiger partial charge in [-0.3, -0.25) is 9.80 Å². The highest BCUT2D eigenvalue weighted by Crippen LogP contribution is 2.09. The first-order valence-electron chi connectivity index (χ1n) is 6.91. The number of carbonyl (C=O) groups is 1. The van der Waals surface area contributed by atoms with Crippen LogP contribution in [0.3, 0.4) is 0 Å². The molecular formula is C14H26N2O3. The van der Waals surface area contributed by atoms with E-state index in [1.165, 1.54) is 0 Å². The van der Waals surface area contributed by atoms with Crippen molar-refractivity contribution in [2.24, 2.45) is 0 Å². The first-order valence-corrected chi connectivity index (χ1v) is 6.91. The summed E-state index contributed by atoms with van der Waals surface area (Å²) in [4.78, 5) is 15.4. The van der Waals surface area contributed by atoms with E-state index in [1.54, 1.807) is 0 Å². The zero-order chi connectivity index (χ0) is 14.5. The molecule has 1 rings (SSSR count). The molecule has 1 aliphatic heterocycles. The highest BCUT2D eigenvalue weighted by atomic mass is 16.4. The van der Waals surface area contributed by atoms with E-state index < -0.39 is 11.6 Å². The fourth-order valence-electron chi connectivity index (χ4n) is 2.30. The molecule has 0 unspecified atom stereocenters. The molecule has 0 atom stereocenters. The Morgan fingerprint density at radius 2 is 1.74 bits per heavy atom. The Balaban J connectivity index is 2.36. The Hall–Kier alpha value is -0.910. The van der Waals surface area contributed by atoms with Crippen LogP contribution >= 0.6 is 0 Å². The van der Waals surface area contributed by atoms with Crippen molar-refractivity contribution in [3.05, 3.63) is 11.6 Å². The van der Waals surface area contributed by atoms with E-state index in [9.17, 15) is 9.90 Å². The highest BCUT2D eigenvalue weighted by Gasteiger charge is 2.22. The smallest absolute Gasteiger partial charge is 0.331 e. The number of nitrogens with zero attached hydrogens (tertiary/aromatic N) is 2. The topological polar surface area (TPSA) is 64.0 Å². The minimum absolute atomic E-state index is 0.485. The maximum absolute atomic E-state index is 10.9. The van der Waals surface area contributed by atoms with Crippen molar-refractivity contribution >= 4 is 5.97 Å².